The van der Waals surface area contributed by atoms with Crippen molar-refractivity contribution >= 4 is 40.7 Å². The molecule has 1 amide bonds. The molecule has 0 spiro atoms. The third-order valence-corrected chi connectivity index (χ3v) is 5.99. The summed E-state index contributed by atoms with van der Waals surface area (Å²) < 4.78 is 6.62. The van der Waals surface area contributed by atoms with Gasteiger partial charge in [0.15, 0.2) is 0 Å². The molecule has 3 rings (SSSR count). The summed E-state index contributed by atoms with van der Waals surface area (Å²) in [5, 5.41) is 8.94. The van der Waals surface area contributed by atoms with Gasteiger partial charge in [-0.2, -0.15) is 0 Å². The lowest BCUT2D eigenvalue weighted by Gasteiger charge is -2.28. The summed E-state index contributed by atoms with van der Waals surface area (Å²) in [6.07, 6.45) is 2.32. The average Bonchev–Trinajstić information content (AvgIpc) is 2.95. The van der Waals surface area contributed by atoms with Gasteiger partial charge in [-0.05, 0) is 56.3 Å². The van der Waals surface area contributed by atoms with Gasteiger partial charge in [0.05, 0.1) is 22.1 Å². The van der Waals surface area contributed by atoms with Crippen molar-refractivity contribution in [3.05, 3.63) is 35.3 Å². The van der Waals surface area contributed by atoms with E-state index in [1.165, 1.54) is 9.77 Å². The van der Waals surface area contributed by atoms with Crippen LogP contribution in [0.2, 0.25) is 0 Å². The summed E-state index contributed by atoms with van der Waals surface area (Å²) in [4.78, 5) is 16.1. The molecule has 1 aliphatic heterocycles. The number of carbonyl (C=O) groups is 1. The highest BCUT2D eigenvalue weighted by Crippen LogP contribution is 2.44. The third kappa shape index (κ3) is 4.89. The zero-order chi connectivity index (χ0) is 18.0. The first-order valence-electron chi connectivity index (χ1n) is 8.27. The summed E-state index contributed by atoms with van der Waals surface area (Å²) in [5.41, 5.74) is 1.78. The monoisotopic (exact) mass is 377 g/mol. The minimum absolute atomic E-state index is 0.295. The lowest BCUT2D eigenvalue weighted by atomic mass is 10.0. The van der Waals surface area contributed by atoms with Crippen LogP contribution in [-0.2, 0) is 4.74 Å². The van der Waals surface area contributed by atoms with Gasteiger partial charge in [0, 0.05) is 5.25 Å². The van der Waals surface area contributed by atoms with Gasteiger partial charge in [0.1, 0.15) is 11.4 Å². The van der Waals surface area contributed by atoms with Crippen molar-refractivity contribution in [3.8, 4) is 0 Å². The highest BCUT2D eigenvalue weighted by molar-refractivity contribution is 8.01. The van der Waals surface area contributed by atoms with Crippen LogP contribution in [0, 0.1) is 0 Å². The van der Waals surface area contributed by atoms with Crippen molar-refractivity contribution < 1.29 is 9.53 Å². The molecule has 0 saturated carbocycles. The van der Waals surface area contributed by atoms with Crippen LogP contribution in [-0.4, -0.2) is 21.9 Å². The zero-order valence-electron chi connectivity index (χ0n) is 14.8. The van der Waals surface area contributed by atoms with E-state index >= 15 is 0 Å². The molecule has 5 nitrogen and oxygen atoms in total. The highest BCUT2D eigenvalue weighted by atomic mass is 32.2. The second kappa shape index (κ2) is 7.25. The van der Waals surface area contributed by atoms with Crippen molar-refractivity contribution in [2.24, 2.45) is 0 Å². The lowest BCUT2D eigenvalue weighted by molar-refractivity contribution is 0.0635. The molecule has 1 aliphatic rings. The molecule has 0 bridgehead atoms. The van der Waals surface area contributed by atoms with Crippen LogP contribution < -0.4 is 10.6 Å². The maximum absolute atomic E-state index is 11.8. The summed E-state index contributed by atoms with van der Waals surface area (Å²) in [5.74, 6) is 0.476. The maximum Gasteiger partial charge on any atom is 0.413 e. The number of rotatable bonds is 3. The predicted molar refractivity (Wildman–Crippen MR) is 105 cm³/mol. The Morgan fingerprint density at radius 2 is 2.12 bits per heavy atom. The van der Waals surface area contributed by atoms with Crippen LogP contribution in [0.25, 0.3) is 0 Å². The Morgan fingerprint density at radius 1 is 1.32 bits per heavy atom. The van der Waals surface area contributed by atoms with Crippen molar-refractivity contribution in [3.63, 3.8) is 0 Å². The Bertz CT molecular complexity index is 738. The molecule has 2 N–H and O–H groups in total. The van der Waals surface area contributed by atoms with E-state index < -0.39 is 11.7 Å². The number of amides is 1. The third-order valence-electron chi connectivity index (χ3n) is 3.64. The number of pyridine rings is 1. The summed E-state index contributed by atoms with van der Waals surface area (Å²) in [6.45, 7) is 7.74. The van der Waals surface area contributed by atoms with E-state index in [4.69, 9.17) is 4.74 Å². The number of nitrogens with zero attached hydrogens (tertiary/aromatic N) is 1. The Morgan fingerprint density at radius 3 is 2.80 bits per heavy atom. The number of carbonyl (C=O) groups excluding carboxylic acids is 1. The van der Waals surface area contributed by atoms with Crippen molar-refractivity contribution in [2.45, 2.75) is 55.2 Å². The second-order valence-electron chi connectivity index (χ2n) is 7.08. The first-order chi connectivity index (χ1) is 11.8. The van der Waals surface area contributed by atoms with Gasteiger partial charge in [-0.3, -0.25) is 5.32 Å². The molecule has 0 aliphatic carbocycles. The van der Waals surface area contributed by atoms with Gasteiger partial charge in [0.2, 0.25) is 0 Å². The molecule has 1 unspecified atom stereocenters. The molecule has 25 heavy (non-hydrogen) atoms. The number of anilines is 2. The second-order valence-corrected chi connectivity index (χ2v) is 9.71. The molecule has 0 aromatic carbocycles. The van der Waals surface area contributed by atoms with Gasteiger partial charge in [0.25, 0.3) is 0 Å². The van der Waals surface area contributed by atoms with E-state index in [-0.39, 0.29) is 0 Å². The molecule has 2 aromatic rings. The fourth-order valence-electron chi connectivity index (χ4n) is 2.65. The van der Waals surface area contributed by atoms with E-state index in [1.807, 2.05) is 38.6 Å². The number of hydrogen-bond donors (Lipinski definition) is 2. The van der Waals surface area contributed by atoms with Crippen LogP contribution in [0.4, 0.5) is 16.3 Å². The molecule has 3 heterocycles. The van der Waals surface area contributed by atoms with Gasteiger partial charge in [-0.15, -0.1) is 23.1 Å². The number of aromatic nitrogens is 1. The van der Waals surface area contributed by atoms with Gasteiger partial charge >= 0.3 is 6.09 Å². The Labute approximate surface area is 156 Å². The number of hydrogen-bond acceptors (Lipinski definition) is 6. The molecule has 0 fully saturated rings. The fraction of sp³-hybridized carbons (Fsp3) is 0.444. The molecule has 0 saturated heterocycles. The first-order valence-corrected chi connectivity index (χ1v) is 10.0. The van der Waals surface area contributed by atoms with E-state index in [1.54, 1.807) is 23.6 Å². The molecular formula is C18H23N3O2S2. The summed E-state index contributed by atoms with van der Waals surface area (Å²) in [6, 6.07) is 6.20. The number of fused-ring (bicyclic) bond motifs is 1. The van der Waals surface area contributed by atoms with Crippen LogP contribution in [0.5, 0.6) is 0 Å². The largest absolute Gasteiger partial charge is 0.444 e. The maximum atomic E-state index is 11.8. The number of nitrogens with one attached hydrogen (secondary N) is 2. The first kappa shape index (κ1) is 18.1. The number of ether oxygens (including phenoxy) is 1. The summed E-state index contributed by atoms with van der Waals surface area (Å²) >= 11 is 3.75. The Hall–Kier alpha value is -1.73. The molecule has 2 atom stereocenters. The molecular weight excluding hydrogens is 354 g/mol. The van der Waals surface area contributed by atoms with Gasteiger partial charge in [-0.25, -0.2) is 9.78 Å². The smallest absolute Gasteiger partial charge is 0.413 e. The average molecular weight is 378 g/mol. The highest BCUT2D eigenvalue weighted by Gasteiger charge is 2.26. The molecule has 134 valence electrons. The van der Waals surface area contributed by atoms with Crippen molar-refractivity contribution in [1.82, 2.24) is 4.98 Å². The topological polar surface area (TPSA) is 63.2 Å². The van der Waals surface area contributed by atoms with Crippen LogP contribution in [0.15, 0.2) is 34.0 Å². The standard InChI is InChI=1S/C18H23N3O2S2/c1-11-9-14(13-7-8-24-16(13)25-11)20-12-5-6-15(19-10-12)21-17(22)23-18(2,3)4/h5-8,10-11,14,20H,9H2,1-4H3,(H,19,21,22)/t11-,14?/m0/s1. The SMILES string of the molecule is C[C@H]1CC(Nc2ccc(NC(=O)OC(C)(C)C)nc2)c2ccsc2S1. The van der Waals surface area contributed by atoms with Crippen molar-refractivity contribution in [1.29, 1.82) is 0 Å². The van der Waals surface area contributed by atoms with E-state index in [9.17, 15) is 4.79 Å². The minimum atomic E-state index is -0.528. The molecule has 7 heteroatoms. The quantitative estimate of drug-likeness (QED) is 0.736. The van der Waals surface area contributed by atoms with Crippen molar-refractivity contribution in [2.75, 3.05) is 10.6 Å². The predicted octanol–water partition coefficient (Wildman–Crippen LogP) is 5.53. The lowest BCUT2D eigenvalue weighted by Crippen LogP contribution is -2.27. The zero-order valence-corrected chi connectivity index (χ0v) is 16.5. The fourth-order valence-corrected chi connectivity index (χ4v) is 5.22. The van der Waals surface area contributed by atoms with Gasteiger partial charge < -0.3 is 10.1 Å². The number of thiophene rings is 1. The van der Waals surface area contributed by atoms with E-state index in [2.05, 4.69) is 34.0 Å². The molecule has 0 radical (unpaired) electrons. The van der Waals surface area contributed by atoms with E-state index in [0.717, 1.165) is 12.1 Å². The van der Waals surface area contributed by atoms with Crippen LogP contribution in [0.3, 0.4) is 0 Å². The van der Waals surface area contributed by atoms with Crippen LogP contribution in [0.1, 0.15) is 45.7 Å². The van der Waals surface area contributed by atoms with Gasteiger partial charge in [-0.1, -0.05) is 6.92 Å². The minimum Gasteiger partial charge on any atom is -0.444 e. The molecule has 2 aromatic heterocycles. The summed E-state index contributed by atoms with van der Waals surface area (Å²) in [7, 11) is 0. The Balaban J connectivity index is 1.63. The number of thioether (sulfide) groups is 1. The van der Waals surface area contributed by atoms with Crippen LogP contribution >= 0.6 is 23.1 Å². The normalized spacial score (nSPS) is 19.8. The Kier molecular flexibility index (Phi) is 5.24. The van der Waals surface area contributed by atoms with E-state index in [0.29, 0.717) is 17.1 Å².